The molecule has 1 heterocycles. The van der Waals surface area contributed by atoms with Gasteiger partial charge in [-0.15, -0.1) is 0 Å². The van der Waals surface area contributed by atoms with Gasteiger partial charge in [-0.2, -0.15) is 0 Å². The van der Waals surface area contributed by atoms with Gasteiger partial charge in [0.15, 0.2) is 0 Å². The number of aryl methyl sites for hydroxylation is 1. The Morgan fingerprint density at radius 3 is 2.33 bits per heavy atom. The van der Waals surface area contributed by atoms with Crippen LogP contribution in [0.1, 0.15) is 19.4 Å². The van der Waals surface area contributed by atoms with Crippen molar-refractivity contribution in [1.82, 2.24) is 0 Å². The van der Waals surface area contributed by atoms with Crippen LogP contribution in [0, 0.1) is 6.92 Å². The van der Waals surface area contributed by atoms with Crippen molar-refractivity contribution in [2.24, 2.45) is 0 Å². The molecule has 92 valence electrons. The zero-order valence-electron chi connectivity index (χ0n) is 11.3. The average molecular weight is 237 g/mol. The third-order valence-corrected chi connectivity index (χ3v) is 3.30. The number of benzene rings is 1. The molecule has 1 heteroatoms. The van der Waals surface area contributed by atoms with Crippen LogP contribution in [0.4, 0.5) is 5.69 Å². The summed E-state index contributed by atoms with van der Waals surface area (Å²) in [7, 11) is 0. The lowest BCUT2D eigenvalue weighted by Crippen LogP contribution is -2.21. The lowest BCUT2D eigenvalue weighted by Gasteiger charge is -2.29. The van der Waals surface area contributed by atoms with E-state index in [-0.39, 0.29) is 0 Å². The highest BCUT2D eigenvalue weighted by molar-refractivity contribution is 5.65. The van der Waals surface area contributed by atoms with Crippen molar-refractivity contribution in [2.45, 2.75) is 20.8 Å². The molecule has 0 radical (unpaired) electrons. The van der Waals surface area contributed by atoms with E-state index in [1.807, 2.05) is 12.2 Å². The first kappa shape index (κ1) is 12.4. The van der Waals surface area contributed by atoms with Gasteiger partial charge in [-0.1, -0.05) is 43.0 Å². The molecular weight excluding hydrogens is 218 g/mol. The Morgan fingerprint density at radius 1 is 0.944 bits per heavy atom. The molecule has 0 unspecified atom stereocenters. The average Bonchev–Trinajstić information content (AvgIpc) is 2.35. The van der Waals surface area contributed by atoms with E-state index >= 15 is 0 Å². The Hall–Kier alpha value is -2.02. The molecule has 0 aliphatic carbocycles. The first-order valence-electron chi connectivity index (χ1n) is 6.18. The van der Waals surface area contributed by atoms with Gasteiger partial charge in [0.25, 0.3) is 0 Å². The van der Waals surface area contributed by atoms with E-state index in [0.29, 0.717) is 0 Å². The third-order valence-electron chi connectivity index (χ3n) is 3.30. The molecule has 0 saturated carbocycles. The van der Waals surface area contributed by atoms with Crippen LogP contribution in [-0.2, 0) is 0 Å². The number of hydrogen-bond donors (Lipinski definition) is 0. The second kappa shape index (κ2) is 5.09. The van der Waals surface area contributed by atoms with Gasteiger partial charge >= 0.3 is 0 Å². The summed E-state index contributed by atoms with van der Waals surface area (Å²) in [4.78, 5) is 2.21. The largest absolute Gasteiger partial charge is 0.315 e. The molecule has 0 bridgehead atoms. The number of allylic oxidation sites excluding steroid dienone is 6. The summed E-state index contributed by atoms with van der Waals surface area (Å²) in [6.07, 6.45) is 8.26. The Morgan fingerprint density at radius 2 is 1.61 bits per heavy atom. The summed E-state index contributed by atoms with van der Waals surface area (Å²) in [6, 6.07) is 8.39. The van der Waals surface area contributed by atoms with Crippen molar-refractivity contribution in [1.29, 1.82) is 0 Å². The van der Waals surface area contributed by atoms with Crippen LogP contribution < -0.4 is 4.90 Å². The molecule has 0 N–H and O–H groups in total. The van der Waals surface area contributed by atoms with Gasteiger partial charge in [0.05, 0.1) is 0 Å². The number of para-hydroxylation sites is 1. The Labute approximate surface area is 109 Å². The summed E-state index contributed by atoms with van der Waals surface area (Å²) in [5.41, 5.74) is 5.91. The van der Waals surface area contributed by atoms with Crippen LogP contribution in [0.5, 0.6) is 0 Å². The maximum absolute atomic E-state index is 4.17. The summed E-state index contributed by atoms with van der Waals surface area (Å²) in [5, 5.41) is 0. The van der Waals surface area contributed by atoms with E-state index in [1.54, 1.807) is 0 Å². The van der Waals surface area contributed by atoms with E-state index in [2.05, 4.69) is 68.7 Å². The molecule has 0 amide bonds. The quantitative estimate of drug-likeness (QED) is 0.682. The predicted molar refractivity (Wildman–Crippen MR) is 79.5 cm³/mol. The second-order valence-electron chi connectivity index (χ2n) is 4.60. The Kier molecular flexibility index (Phi) is 3.52. The van der Waals surface area contributed by atoms with Crippen molar-refractivity contribution >= 4 is 5.69 Å². The lowest BCUT2D eigenvalue weighted by atomic mass is 10.1. The van der Waals surface area contributed by atoms with Crippen molar-refractivity contribution in [3.05, 3.63) is 77.7 Å². The normalized spacial score (nSPS) is 23.5. The maximum atomic E-state index is 4.17. The minimum absolute atomic E-state index is 0.991. The molecule has 0 saturated heterocycles. The topological polar surface area (TPSA) is 3.24 Å². The van der Waals surface area contributed by atoms with Gasteiger partial charge in [0.1, 0.15) is 0 Å². The van der Waals surface area contributed by atoms with Gasteiger partial charge in [0.2, 0.25) is 0 Å². The van der Waals surface area contributed by atoms with Crippen LogP contribution in [-0.4, -0.2) is 0 Å². The number of rotatable bonds is 1. The van der Waals surface area contributed by atoms with Crippen LogP contribution in [0.25, 0.3) is 0 Å². The van der Waals surface area contributed by atoms with Gasteiger partial charge < -0.3 is 4.90 Å². The monoisotopic (exact) mass is 237 g/mol. The fourth-order valence-electron chi connectivity index (χ4n) is 2.10. The molecule has 1 aliphatic rings. The molecule has 0 spiro atoms. The molecule has 1 aromatic carbocycles. The van der Waals surface area contributed by atoms with Crippen LogP contribution in [0.2, 0.25) is 0 Å². The van der Waals surface area contributed by atoms with E-state index in [9.17, 15) is 0 Å². The highest BCUT2D eigenvalue weighted by Crippen LogP contribution is 2.29. The minimum atomic E-state index is 0.991. The fraction of sp³-hybridized carbons (Fsp3) is 0.176. The molecule has 1 nitrogen and oxygen atoms in total. The molecule has 0 fully saturated rings. The van der Waals surface area contributed by atoms with Gasteiger partial charge in [-0.25, -0.2) is 0 Å². The maximum Gasteiger partial charge on any atom is 0.0487 e. The molecular formula is C17H19N. The minimum Gasteiger partial charge on any atom is -0.315 e. The smallest absolute Gasteiger partial charge is 0.0487 e. The lowest BCUT2D eigenvalue weighted by molar-refractivity contribution is 1.06. The zero-order chi connectivity index (χ0) is 13.1. The van der Waals surface area contributed by atoms with Gasteiger partial charge in [-0.05, 0) is 44.1 Å². The van der Waals surface area contributed by atoms with Gasteiger partial charge in [-0.3, -0.25) is 0 Å². The molecule has 0 aromatic heterocycles. The van der Waals surface area contributed by atoms with Crippen molar-refractivity contribution < 1.29 is 0 Å². The highest BCUT2D eigenvalue weighted by atomic mass is 15.2. The Bertz CT molecular complexity index is 559. The molecule has 0 atom stereocenters. The van der Waals surface area contributed by atoms with E-state index in [4.69, 9.17) is 0 Å². The summed E-state index contributed by atoms with van der Waals surface area (Å²) in [5.74, 6) is 0. The first-order chi connectivity index (χ1) is 8.61. The summed E-state index contributed by atoms with van der Waals surface area (Å²) in [6.45, 7) is 10.6. The van der Waals surface area contributed by atoms with E-state index < -0.39 is 0 Å². The SMILES string of the molecule is C=C1/C=C/C=C\C(C)=C(\C)N1c1ccccc1C. The van der Waals surface area contributed by atoms with Crippen molar-refractivity contribution in [3.63, 3.8) is 0 Å². The van der Waals surface area contributed by atoms with Crippen molar-refractivity contribution in [3.8, 4) is 0 Å². The predicted octanol–water partition coefficient (Wildman–Crippen LogP) is 4.74. The summed E-state index contributed by atoms with van der Waals surface area (Å²) < 4.78 is 0. The van der Waals surface area contributed by atoms with Crippen LogP contribution >= 0.6 is 0 Å². The molecule has 1 aromatic rings. The third kappa shape index (κ3) is 2.30. The zero-order valence-corrected chi connectivity index (χ0v) is 11.3. The standard InChI is InChI=1S/C17H19N/c1-13-9-5-7-11-15(3)18(16(13)4)17-12-8-6-10-14(17)2/h5-12H,3H2,1-2,4H3/b9-5-,11-7+,16-13-. The number of anilines is 1. The first-order valence-corrected chi connectivity index (χ1v) is 6.18. The highest BCUT2D eigenvalue weighted by Gasteiger charge is 2.14. The van der Waals surface area contributed by atoms with E-state index in [1.165, 1.54) is 22.5 Å². The number of hydrogen-bond acceptors (Lipinski definition) is 1. The molecule has 18 heavy (non-hydrogen) atoms. The van der Waals surface area contributed by atoms with E-state index in [0.717, 1.165) is 5.70 Å². The Balaban J connectivity index is 2.59. The van der Waals surface area contributed by atoms with Gasteiger partial charge in [0, 0.05) is 17.1 Å². The van der Waals surface area contributed by atoms with Crippen LogP contribution in [0.3, 0.4) is 0 Å². The summed E-state index contributed by atoms with van der Waals surface area (Å²) >= 11 is 0. The number of nitrogens with zero attached hydrogens (tertiary/aromatic N) is 1. The fourth-order valence-corrected chi connectivity index (χ4v) is 2.10. The molecule has 2 rings (SSSR count). The second-order valence-corrected chi connectivity index (χ2v) is 4.60. The van der Waals surface area contributed by atoms with Crippen LogP contribution in [0.15, 0.2) is 72.1 Å². The molecule has 1 aliphatic heterocycles. The van der Waals surface area contributed by atoms with Crippen molar-refractivity contribution in [2.75, 3.05) is 4.90 Å².